The van der Waals surface area contributed by atoms with Gasteiger partial charge in [0.05, 0.1) is 40.5 Å². The highest BCUT2D eigenvalue weighted by atomic mass is 16.3. The predicted octanol–water partition coefficient (Wildman–Crippen LogP) is 25.0. The van der Waals surface area contributed by atoms with Crippen LogP contribution in [0.5, 0.6) is 0 Å². The molecule has 0 saturated heterocycles. The number of fused-ring (bicyclic) bond motifs is 9. The van der Waals surface area contributed by atoms with Crippen LogP contribution >= 0.6 is 0 Å². The lowest BCUT2D eigenvalue weighted by Gasteiger charge is -2.16. The highest BCUT2D eigenvalue weighted by Crippen LogP contribution is 2.48. The summed E-state index contributed by atoms with van der Waals surface area (Å²) < 4.78 is 151. The second-order valence-corrected chi connectivity index (χ2v) is 26.5. The van der Waals surface area contributed by atoms with E-state index in [2.05, 4.69) is 20.6 Å². The Balaban J connectivity index is 0.000000152. The molecule has 6 heterocycles. The Hall–Kier alpha value is -11.7. The van der Waals surface area contributed by atoms with Gasteiger partial charge in [0.1, 0.15) is 54.6 Å². The van der Waals surface area contributed by atoms with E-state index in [1.165, 1.54) is 20.8 Å². The van der Waals surface area contributed by atoms with E-state index in [0.717, 1.165) is 99.1 Å². The van der Waals surface area contributed by atoms with Gasteiger partial charge in [-0.05, 0) is 156 Å². The molecular weight excluding hydrogens is 1250 g/mol. The molecule has 0 aliphatic heterocycles. The van der Waals surface area contributed by atoms with E-state index in [1.807, 2.05) is 159 Å². The quantitative estimate of drug-likeness (QED) is 0.107. The average Bonchev–Trinajstić information content (AvgIpc) is 1.66. The van der Waals surface area contributed by atoms with Gasteiger partial charge in [0.25, 0.3) is 0 Å². The molecule has 504 valence electrons. The van der Waals surface area contributed by atoms with Crippen molar-refractivity contribution in [3.63, 3.8) is 0 Å². The smallest absolute Gasteiger partial charge is 0.216 e. The van der Waals surface area contributed by atoms with Crippen molar-refractivity contribution in [3.8, 4) is 67.2 Å². The van der Waals surface area contributed by atoms with Crippen molar-refractivity contribution in [2.45, 2.75) is 121 Å². The fourth-order valence-corrected chi connectivity index (χ4v) is 14.9. The summed E-state index contributed by atoms with van der Waals surface area (Å²) in [7, 11) is 5.40. The van der Waals surface area contributed by atoms with E-state index in [1.54, 1.807) is 96.1 Å². The third-order valence-electron chi connectivity index (χ3n) is 19.9. The van der Waals surface area contributed by atoms with E-state index in [-0.39, 0.29) is 18.1 Å². The lowest BCUT2D eigenvalue weighted by atomic mass is 9.90. The van der Waals surface area contributed by atoms with E-state index >= 15 is 0 Å². The zero-order valence-corrected chi connectivity index (χ0v) is 60.0. The van der Waals surface area contributed by atoms with Gasteiger partial charge >= 0.3 is 0 Å². The van der Waals surface area contributed by atoms with Gasteiger partial charge in [0.15, 0.2) is 34.1 Å². The molecule has 6 aromatic heterocycles. The third-order valence-corrected chi connectivity index (χ3v) is 19.9. The van der Waals surface area contributed by atoms with Crippen LogP contribution in [0.3, 0.4) is 0 Å². The van der Waals surface area contributed by atoms with Crippen LogP contribution in [0.1, 0.15) is 147 Å². The average molecular weight is 1350 g/mol. The molecule has 3 atom stereocenters. The predicted molar refractivity (Wildman–Crippen MR) is 421 cm³/mol. The first-order valence-electron chi connectivity index (χ1n) is 41.2. The van der Waals surface area contributed by atoms with Crippen LogP contribution in [0.25, 0.3) is 148 Å². The van der Waals surface area contributed by atoms with Crippen LogP contribution in [-0.4, -0.2) is 0 Å². The summed E-state index contributed by atoms with van der Waals surface area (Å²) in [6, 6.07) is 53.1. The molecule has 9 nitrogen and oxygen atoms in total. The maximum atomic E-state index is 9.21. The van der Waals surface area contributed by atoms with Gasteiger partial charge in [0.2, 0.25) is 17.1 Å². The number of furan rings is 3. The highest BCUT2D eigenvalue weighted by molar-refractivity contribution is 6.18. The monoisotopic (exact) mass is 1350 g/mol. The van der Waals surface area contributed by atoms with Gasteiger partial charge in [-0.3, -0.25) is 0 Å². The summed E-state index contributed by atoms with van der Waals surface area (Å²) in [5.41, 5.74) is 21.5. The minimum absolute atomic E-state index is 0.153. The van der Waals surface area contributed by atoms with Crippen molar-refractivity contribution in [3.05, 3.63) is 283 Å². The molecule has 102 heavy (non-hydrogen) atoms. The van der Waals surface area contributed by atoms with Gasteiger partial charge < -0.3 is 13.3 Å². The van der Waals surface area contributed by atoms with Crippen molar-refractivity contribution in [2.24, 2.45) is 21.1 Å². The van der Waals surface area contributed by atoms with Gasteiger partial charge in [-0.15, -0.1) is 0 Å². The number of rotatable bonds is 9. The molecule has 0 fully saturated rings. The first-order valence-corrected chi connectivity index (χ1v) is 33.7. The minimum atomic E-state index is -2.57. The Morgan fingerprint density at radius 1 is 0.373 bits per heavy atom. The normalized spacial score (nSPS) is 15.7. The number of benzene rings is 9. The lowest BCUT2D eigenvalue weighted by molar-refractivity contribution is -0.667. The molecule has 9 heteroatoms. The molecule has 0 N–H and O–H groups in total. The fourth-order valence-electron chi connectivity index (χ4n) is 14.9. The molecule has 15 aromatic rings. The van der Waals surface area contributed by atoms with Crippen molar-refractivity contribution in [2.75, 3.05) is 0 Å². The standard InChI is InChI=1S/3C31H29N2O/c1-18(2)28-20(4)16-26(33(7)21(28)5)29-19(3)15-25(22-11-9-8-10-12-22)30-24-14-13-23(32-6)17-27(24)34-31(29)30;1-18(2)28-20(4)15-26(33(7)21(28)5)29-19(3)13-14-24-30-25(22-11-9-8-10-12-22)16-23(32-6)17-27(30)34-31(24)29;1-18(2)29-20(4)15-27(33(7)21(29)5)30-19(3)13-14-23-25-16-24(22-11-9-8-10-12-22)26(32-6)17-28(25)34-31(23)30/h3*8-18H,1-5,7H3/q3*+1/i1D3,16D,18D;2*1D3,15D,18D. The first kappa shape index (κ1) is 52.3. The van der Waals surface area contributed by atoms with Gasteiger partial charge in [-0.25, -0.2) is 14.5 Å². The third kappa shape index (κ3) is 12.0. The molecule has 0 amide bonds. The number of aryl methyl sites for hydroxylation is 3. The highest BCUT2D eigenvalue weighted by Gasteiger charge is 2.31. The summed E-state index contributed by atoms with van der Waals surface area (Å²) in [5, 5.41) is 5.26. The zero-order chi connectivity index (χ0) is 85.3. The molecule has 0 aliphatic rings. The summed E-state index contributed by atoms with van der Waals surface area (Å²) in [6.45, 7) is 35.8. The van der Waals surface area contributed by atoms with Crippen molar-refractivity contribution in [1.29, 1.82) is 0 Å². The fraction of sp³-hybridized carbons (Fsp3) is 0.226. The van der Waals surface area contributed by atoms with Gasteiger partial charge in [-0.1, -0.05) is 175 Å². The molecule has 0 saturated carbocycles. The summed E-state index contributed by atoms with van der Waals surface area (Å²) in [6.07, 6.45) is 0. The summed E-state index contributed by atoms with van der Waals surface area (Å²) in [4.78, 5) is 11.0. The van der Waals surface area contributed by atoms with Gasteiger partial charge in [0, 0.05) is 104 Å². The van der Waals surface area contributed by atoms with Crippen LogP contribution in [0.2, 0.25) is 0 Å². The molecule has 15 rings (SSSR count). The topological polar surface area (TPSA) is 64.1 Å². The Labute approximate surface area is 620 Å². The van der Waals surface area contributed by atoms with Crippen molar-refractivity contribution in [1.82, 2.24) is 0 Å². The lowest BCUT2D eigenvalue weighted by Crippen LogP contribution is -2.37. The largest absolute Gasteiger partial charge is 0.456 e. The van der Waals surface area contributed by atoms with Gasteiger partial charge in [-0.2, -0.15) is 13.7 Å². The Kier molecular flexibility index (Phi) is 14.1. The Bertz CT molecular complexity index is 6680. The minimum Gasteiger partial charge on any atom is -0.456 e. The van der Waals surface area contributed by atoms with Crippen LogP contribution in [0.15, 0.2) is 195 Å². The number of hydrogen-bond donors (Lipinski definition) is 0. The summed E-state index contributed by atoms with van der Waals surface area (Å²) >= 11 is 0. The molecule has 3 unspecified atom stereocenters. The van der Waals surface area contributed by atoms with Crippen LogP contribution in [-0.2, 0) is 21.1 Å². The number of nitrogens with zero attached hydrogens (tertiary/aromatic N) is 6. The molecule has 0 spiro atoms. The SMILES string of the molecule is [2H]c1c(C)c(C([2H])(C)C([2H])([2H])[2H])c(C)[n+](C)c1-c1c(C)cc(-c2ccccc2)c2c1oc1cc([N+]#[C-])ccc12.[2H]c1c(C)c(C([2H])(C)C([2H])([2H])[2H])c(C)[n+](C)c1-c1c(C)ccc2c1oc1cc([N+]#[C-])c(-c3ccccc3)cc12.[2H]c1c(C)c(C([2H])(C)C([2H])([2H])[2H])c(C)[n+](C)c1-c1c(C)ccc2c1oc1cc([N+]#[C-])cc(-c3ccccc3)c12. The van der Waals surface area contributed by atoms with E-state index in [4.69, 9.17) is 50.8 Å². The number of pyridine rings is 3. The second kappa shape index (κ2) is 27.4. The van der Waals surface area contributed by atoms with E-state index in [9.17, 15) is 2.74 Å². The molecule has 0 aliphatic carbocycles. The molecular formula is C93H87N6O3+3. The van der Waals surface area contributed by atoms with Crippen LogP contribution in [0, 0.1) is 82.0 Å². The first-order chi connectivity index (χ1) is 54.9. The summed E-state index contributed by atoms with van der Waals surface area (Å²) in [5.74, 6) is -5.64. The molecule has 0 bridgehead atoms. The van der Waals surface area contributed by atoms with Crippen LogP contribution < -0.4 is 13.7 Å². The van der Waals surface area contributed by atoms with E-state index < -0.39 is 38.2 Å². The van der Waals surface area contributed by atoms with Crippen molar-refractivity contribution >= 4 is 82.9 Å². The number of hydrogen-bond acceptors (Lipinski definition) is 3. The maximum absolute atomic E-state index is 9.21. The molecule has 9 aromatic carbocycles. The number of aromatic nitrogens is 3. The Morgan fingerprint density at radius 2 is 0.775 bits per heavy atom. The van der Waals surface area contributed by atoms with Crippen LogP contribution in [0.4, 0.5) is 17.1 Å². The van der Waals surface area contributed by atoms with E-state index in [0.29, 0.717) is 118 Å². The second-order valence-electron chi connectivity index (χ2n) is 26.5. The van der Waals surface area contributed by atoms with Crippen molar-refractivity contribution < 1.29 is 47.5 Å². The molecule has 0 radical (unpaired) electrons. The maximum Gasteiger partial charge on any atom is 0.216 e. The zero-order valence-electron chi connectivity index (χ0n) is 75.0. The Morgan fingerprint density at radius 3 is 1.25 bits per heavy atom.